The van der Waals surface area contributed by atoms with Crippen LogP contribution in [0, 0.1) is 12.8 Å². The zero-order chi connectivity index (χ0) is 18.8. The first-order valence-corrected chi connectivity index (χ1v) is 10.5. The molecule has 0 saturated carbocycles. The zero-order valence-corrected chi connectivity index (χ0v) is 17.4. The van der Waals surface area contributed by atoms with Gasteiger partial charge in [0.05, 0.1) is 4.90 Å². The first kappa shape index (κ1) is 20.2. The number of carbonyl (C=O) groups excluding carboxylic acids is 1. The van der Waals surface area contributed by atoms with E-state index in [1.165, 1.54) is 4.31 Å². The van der Waals surface area contributed by atoms with Gasteiger partial charge in [-0.05, 0) is 63.8 Å². The molecule has 1 aromatic carbocycles. The zero-order valence-electron chi connectivity index (χ0n) is 15.0. The number of nitrogens with zero attached hydrogens (tertiary/aromatic N) is 1. The first-order valence-electron chi connectivity index (χ1n) is 8.22. The lowest BCUT2D eigenvalue weighted by Gasteiger charge is -2.21. The van der Waals surface area contributed by atoms with E-state index in [4.69, 9.17) is 4.74 Å². The Labute approximate surface area is 158 Å². The van der Waals surface area contributed by atoms with Gasteiger partial charge in [-0.25, -0.2) is 13.2 Å². The molecule has 0 radical (unpaired) electrons. The maximum Gasteiger partial charge on any atom is 0.407 e. The van der Waals surface area contributed by atoms with Crippen LogP contribution in [-0.4, -0.2) is 44.1 Å². The summed E-state index contributed by atoms with van der Waals surface area (Å²) >= 11 is 3.35. The van der Waals surface area contributed by atoms with Crippen molar-refractivity contribution in [3.8, 4) is 0 Å². The van der Waals surface area contributed by atoms with Crippen LogP contribution in [0.4, 0.5) is 4.79 Å². The van der Waals surface area contributed by atoms with Gasteiger partial charge in [0.1, 0.15) is 5.60 Å². The lowest BCUT2D eigenvalue weighted by atomic mass is 10.1. The van der Waals surface area contributed by atoms with Gasteiger partial charge in [0, 0.05) is 24.1 Å². The summed E-state index contributed by atoms with van der Waals surface area (Å²) in [7, 11) is -3.52. The predicted molar refractivity (Wildman–Crippen MR) is 100.0 cm³/mol. The lowest BCUT2D eigenvalue weighted by Crippen LogP contribution is -2.36. The van der Waals surface area contributed by atoms with E-state index in [9.17, 15) is 13.2 Å². The van der Waals surface area contributed by atoms with Gasteiger partial charge < -0.3 is 10.1 Å². The van der Waals surface area contributed by atoms with E-state index >= 15 is 0 Å². The third-order valence-electron chi connectivity index (χ3n) is 3.94. The van der Waals surface area contributed by atoms with E-state index in [0.717, 1.165) is 4.47 Å². The van der Waals surface area contributed by atoms with Gasteiger partial charge in [-0.1, -0.05) is 15.9 Å². The molecule has 1 amide bonds. The van der Waals surface area contributed by atoms with Crippen LogP contribution in [0.25, 0.3) is 0 Å². The summed E-state index contributed by atoms with van der Waals surface area (Å²) < 4.78 is 33.2. The Kier molecular flexibility index (Phi) is 6.17. The summed E-state index contributed by atoms with van der Waals surface area (Å²) in [4.78, 5) is 12.1. The van der Waals surface area contributed by atoms with E-state index in [1.807, 2.05) is 0 Å². The number of amides is 1. The molecule has 25 heavy (non-hydrogen) atoms. The molecule has 6 nitrogen and oxygen atoms in total. The summed E-state index contributed by atoms with van der Waals surface area (Å²) in [6, 6.07) is 5.16. The highest BCUT2D eigenvalue weighted by Crippen LogP contribution is 2.27. The van der Waals surface area contributed by atoms with E-state index in [-0.39, 0.29) is 5.92 Å². The Morgan fingerprint density at radius 1 is 1.40 bits per heavy atom. The second kappa shape index (κ2) is 7.63. The molecule has 0 spiro atoms. The van der Waals surface area contributed by atoms with Crippen LogP contribution in [0.15, 0.2) is 27.6 Å². The average Bonchev–Trinajstić information content (AvgIpc) is 2.92. The Balaban J connectivity index is 1.96. The van der Waals surface area contributed by atoms with Crippen molar-refractivity contribution in [1.82, 2.24) is 9.62 Å². The molecule has 1 aliphatic rings. The number of ether oxygens (including phenoxy) is 1. The van der Waals surface area contributed by atoms with Gasteiger partial charge in [0.2, 0.25) is 10.0 Å². The number of sulfonamides is 1. The minimum Gasteiger partial charge on any atom is -0.444 e. The van der Waals surface area contributed by atoms with E-state index in [2.05, 4.69) is 21.2 Å². The van der Waals surface area contributed by atoms with Crippen LogP contribution in [-0.2, 0) is 14.8 Å². The fraction of sp³-hybridized carbons (Fsp3) is 0.588. The summed E-state index contributed by atoms with van der Waals surface area (Å²) in [6.45, 7) is 8.45. The first-order chi connectivity index (χ1) is 11.5. The van der Waals surface area contributed by atoms with Crippen molar-refractivity contribution in [2.45, 2.75) is 44.6 Å². The lowest BCUT2D eigenvalue weighted by molar-refractivity contribution is 0.0520. The van der Waals surface area contributed by atoms with Crippen molar-refractivity contribution in [3.05, 3.63) is 28.2 Å². The molecule has 1 fully saturated rings. The molecule has 1 aromatic rings. The molecule has 0 aliphatic carbocycles. The minimum atomic E-state index is -3.52. The van der Waals surface area contributed by atoms with Crippen LogP contribution >= 0.6 is 15.9 Å². The van der Waals surface area contributed by atoms with E-state index < -0.39 is 21.7 Å². The van der Waals surface area contributed by atoms with Gasteiger partial charge in [0.15, 0.2) is 0 Å². The minimum absolute atomic E-state index is 0.0815. The molecule has 0 bridgehead atoms. The standard InChI is InChI=1S/C17H25BrN2O4S/c1-12-9-14(18)5-6-15(12)25(22,23)20-8-7-13(11-20)10-19-16(21)24-17(2,3)4/h5-6,9,13H,7-8,10-11H2,1-4H3,(H,19,21)/t13-/m1/s1. The van der Waals surface area contributed by atoms with Gasteiger partial charge in [-0.2, -0.15) is 4.31 Å². The molecule has 1 heterocycles. The molecule has 140 valence electrons. The van der Waals surface area contributed by atoms with Crippen molar-refractivity contribution in [3.63, 3.8) is 0 Å². The molecule has 0 aromatic heterocycles. The fourth-order valence-corrected chi connectivity index (χ4v) is 4.98. The second-order valence-corrected chi connectivity index (χ2v) is 10.1. The molecular weight excluding hydrogens is 408 g/mol. The topological polar surface area (TPSA) is 75.7 Å². The van der Waals surface area contributed by atoms with Crippen LogP contribution in [0.1, 0.15) is 32.8 Å². The van der Waals surface area contributed by atoms with Crippen molar-refractivity contribution in [2.75, 3.05) is 19.6 Å². The highest BCUT2D eigenvalue weighted by atomic mass is 79.9. The molecule has 1 N–H and O–H groups in total. The molecule has 1 atom stereocenters. The highest BCUT2D eigenvalue weighted by molar-refractivity contribution is 9.10. The summed E-state index contributed by atoms with van der Waals surface area (Å²) in [6.07, 6.45) is 0.238. The third kappa shape index (κ3) is 5.43. The number of alkyl carbamates (subject to hydrolysis) is 1. The number of aryl methyl sites for hydroxylation is 1. The van der Waals surface area contributed by atoms with Crippen LogP contribution < -0.4 is 5.32 Å². The van der Waals surface area contributed by atoms with Crippen LogP contribution in [0.2, 0.25) is 0 Å². The predicted octanol–water partition coefficient (Wildman–Crippen LogP) is 3.29. The number of rotatable bonds is 4. The number of nitrogens with one attached hydrogen (secondary N) is 1. The normalized spacial score (nSPS) is 19.0. The number of carbonyl (C=O) groups is 1. The maximum atomic E-state index is 12.8. The number of halogens is 1. The summed E-state index contributed by atoms with van der Waals surface area (Å²) in [5, 5.41) is 2.72. The van der Waals surface area contributed by atoms with Gasteiger partial charge in [-0.3, -0.25) is 0 Å². The summed E-state index contributed by atoms with van der Waals surface area (Å²) in [5.41, 5.74) is 0.165. The molecule has 1 saturated heterocycles. The quantitative estimate of drug-likeness (QED) is 0.791. The Hall–Kier alpha value is -1.12. The van der Waals surface area contributed by atoms with E-state index in [0.29, 0.717) is 36.5 Å². The Bertz CT molecular complexity index is 744. The SMILES string of the molecule is Cc1cc(Br)ccc1S(=O)(=O)N1CC[C@H](CNC(=O)OC(C)(C)C)C1. The molecule has 1 aliphatic heterocycles. The highest BCUT2D eigenvalue weighted by Gasteiger charge is 2.33. The van der Waals surface area contributed by atoms with E-state index in [1.54, 1.807) is 45.9 Å². The molecular formula is C17H25BrN2O4S. The van der Waals surface area contributed by atoms with Crippen molar-refractivity contribution in [1.29, 1.82) is 0 Å². The molecule has 0 unspecified atom stereocenters. The van der Waals surface area contributed by atoms with Gasteiger partial charge in [-0.15, -0.1) is 0 Å². The Morgan fingerprint density at radius 2 is 2.08 bits per heavy atom. The molecule has 2 rings (SSSR count). The van der Waals surface area contributed by atoms with Crippen LogP contribution in [0.3, 0.4) is 0 Å². The monoisotopic (exact) mass is 432 g/mol. The number of hydrogen-bond acceptors (Lipinski definition) is 4. The van der Waals surface area contributed by atoms with Crippen LogP contribution in [0.5, 0.6) is 0 Å². The Morgan fingerprint density at radius 3 is 2.68 bits per heavy atom. The second-order valence-electron chi connectivity index (χ2n) is 7.31. The van der Waals surface area contributed by atoms with Crippen molar-refractivity contribution >= 4 is 32.0 Å². The number of benzene rings is 1. The van der Waals surface area contributed by atoms with Crippen molar-refractivity contribution < 1.29 is 17.9 Å². The largest absolute Gasteiger partial charge is 0.444 e. The third-order valence-corrected chi connectivity index (χ3v) is 6.46. The fourth-order valence-electron chi connectivity index (χ4n) is 2.77. The van der Waals surface area contributed by atoms with Gasteiger partial charge in [0.25, 0.3) is 0 Å². The molecule has 8 heteroatoms. The summed E-state index contributed by atoms with van der Waals surface area (Å²) in [5.74, 6) is 0.0815. The maximum absolute atomic E-state index is 12.8. The van der Waals surface area contributed by atoms with Crippen molar-refractivity contribution in [2.24, 2.45) is 5.92 Å². The number of hydrogen-bond donors (Lipinski definition) is 1. The van der Waals surface area contributed by atoms with Gasteiger partial charge >= 0.3 is 6.09 Å². The smallest absolute Gasteiger partial charge is 0.407 e. The average molecular weight is 433 g/mol.